The average Bonchev–Trinajstić information content (AvgIpc) is 2.74. The third kappa shape index (κ3) is 4.02. The van der Waals surface area contributed by atoms with Gasteiger partial charge in [0.1, 0.15) is 6.04 Å². The highest BCUT2D eigenvalue weighted by Crippen LogP contribution is 2.34. The molecule has 2 aliphatic rings. The van der Waals surface area contributed by atoms with Crippen molar-refractivity contribution in [2.75, 3.05) is 13.1 Å². The van der Waals surface area contributed by atoms with E-state index in [1.54, 1.807) is 17.0 Å². The van der Waals surface area contributed by atoms with Gasteiger partial charge in [0.15, 0.2) is 0 Å². The Labute approximate surface area is 168 Å². The second-order valence-corrected chi connectivity index (χ2v) is 7.80. The van der Waals surface area contributed by atoms with Gasteiger partial charge in [0, 0.05) is 43.7 Å². The Bertz CT molecular complexity index is 958. The van der Waals surface area contributed by atoms with Crippen molar-refractivity contribution in [1.29, 1.82) is 0 Å². The van der Waals surface area contributed by atoms with Crippen LogP contribution in [0.15, 0.2) is 53.3 Å². The fraction of sp³-hybridized carbons (Fsp3) is 0.381. The number of nitrogens with one attached hydrogen (secondary N) is 2. The number of benzene rings is 1. The second kappa shape index (κ2) is 8.08. The molecular weight excluding hydrogens is 370 g/mol. The van der Waals surface area contributed by atoms with Gasteiger partial charge in [0.2, 0.25) is 0 Å². The van der Waals surface area contributed by atoms with Crippen LogP contribution < -0.4 is 22.1 Å². The summed E-state index contributed by atoms with van der Waals surface area (Å²) in [5.41, 5.74) is 4.07. The van der Waals surface area contributed by atoms with E-state index in [2.05, 4.69) is 10.7 Å². The predicted octanol–water partition coefficient (Wildman–Crippen LogP) is 0.578. The van der Waals surface area contributed by atoms with Crippen LogP contribution in [0.3, 0.4) is 0 Å². The van der Waals surface area contributed by atoms with Crippen molar-refractivity contribution in [1.82, 2.24) is 20.2 Å². The normalized spacial score (nSPS) is 21.1. The highest BCUT2D eigenvalue weighted by atomic mass is 16.2. The number of fused-ring (bicyclic) bond motifs is 4. The van der Waals surface area contributed by atoms with Crippen LogP contribution in [0.4, 0.5) is 4.79 Å². The third-order valence-electron chi connectivity index (χ3n) is 5.81. The quantitative estimate of drug-likeness (QED) is 0.400. The Hall–Kier alpha value is -3.13. The van der Waals surface area contributed by atoms with Gasteiger partial charge in [-0.15, -0.1) is 0 Å². The molecule has 1 aromatic carbocycles. The number of carbonyl (C=O) groups is 2. The molecule has 2 aliphatic heterocycles. The van der Waals surface area contributed by atoms with E-state index in [4.69, 9.17) is 5.84 Å². The van der Waals surface area contributed by atoms with Gasteiger partial charge in [-0.1, -0.05) is 36.4 Å². The third-order valence-corrected chi connectivity index (χ3v) is 5.81. The number of nitrogens with two attached hydrogens (primary N) is 1. The molecule has 4 rings (SSSR count). The first-order chi connectivity index (χ1) is 14.0. The molecule has 29 heavy (non-hydrogen) atoms. The lowest BCUT2D eigenvalue weighted by Gasteiger charge is -2.42. The molecule has 1 aromatic heterocycles. The molecule has 4 N–H and O–H groups in total. The van der Waals surface area contributed by atoms with E-state index in [1.165, 1.54) is 0 Å². The van der Waals surface area contributed by atoms with Gasteiger partial charge in [0.05, 0.1) is 0 Å². The first kappa shape index (κ1) is 19.2. The van der Waals surface area contributed by atoms with Gasteiger partial charge in [-0.05, 0) is 24.0 Å². The van der Waals surface area contributed by atoms with Gasteiger partial charge < -0.3 is 14.8 Å². The number of hydrogen-bond acceptors (Lipinski definition) is 4. The van der Waals surface area contributed by atoms with E-state index in [-0.39, 0.29) is 23.4 Å². The van der Waals surface area contributed by atoms with E-state index < -0.39 is 11.9 Å². The molecule has 3 amide bonds. The van der Waals surface area contributed by atoms with Crippen LogP contribution in [0.5, 0.6) is 0 Å². The Morgan fingerprint density at radius 2 is 1.86 bits per heavy atom. The summed E-state index contributed by atoms with van der Waals surface area (Å²) in [6, 6.07) is 13.8. The molecule has 8 nitrogen and oxygen atoms in total. The smallest absolute Gasteiger partial charge is 0.318 e. The lowest BCUT2D eigenvalue weighted by molar-refractivity contribution is -0.123. The lowest BCUT2D eigenvalue weighted by atomic mass is 9.83. The zero-order valence-electron chi connectivity index (χ0n) is 16.1. The summed E-state index contributed by atoms with van der Waals surface area (Å²) in [5, 5.41) is 2.84. The van der Waals surface area contributed by atoms with Gasteiger partial charge in [-0.3, -0.25) is 15.0 Å². The summed E-state index contributed by atoms with van der Waals surface area (Å²) < 4.78 is 1.83. The molecule has 8 heteroatoms. The maximum atomic E-state index is 13.0. The van der Waals surface area contributed by atoms with Crippen LogP contribution in [-0.4, -0.2) is 40.5 Å². The van der Waals surface area contributed by atoms with Crippen LogP contribution in [0, 0.1) is 5.92 Å². The van der Waals surface area contributed by atoms with Crippen molar-refractivity contribution in [2.24, 2.45) is 11.8 Å². The summed E-state index contributed by atoms with van der Waals surface area (Å²) in [5.74, 6) is 5.24. The maximum Gasteiger partial charge on any atom is 0.318 e. The molecule has 3 unspecified atom stereocenters. The number of piperidine rings is 1. The molecule has 1 saturated heterocycles. The number of likely N-dealkylation sites (tertiary alicyclic amines) is 1. The van der Waals surface area contributed by atoms with Gasteiger partial charge >= 0.3 is 6.03 Å². The van der Waals surface area contributed by atoms with Crippen molar-refractivity contribution in [2.45, 2.75) is 31.3 Å². The summed E-state index contributed by atoms with van der Waals surface area (Å²) in [6.07, 6.45) is 1.32. The van der Waals surface area contributed by atoms with E-state index >= 15 is 0 Å². The van der Waals surface area contributed by atoms with Crippen molar-refractivity contribution in [3.8, 4) is 0 Å². The van der Waals surface area contributed by atoms with Crippen LogP contribution in [0.1, 0.15) is 23.6 Å². The standard InChI is InChI=1S/C21H25N5O3/c22-24-20(28)17(10-14-5-2-1-3-6-14)23-21(29)25-11-15-9-16(13-25)18-7-4-8-19(27)26(18)12-15/h1-8,15-17H,9-13,22H2,(H,23,29)(H,24,28). The van der Waals surface area contributed by atoms with Gasteiger partial charge in [-0.2, -0.15) is 0 Å². The Balaban J connectivity index is 1.48. The van der Waals surface area contributed by atoms with Crippen molar-refractivity contribution >= 4 is 11.9 Å². The predicted molar refractivity (Wildman–Crippen MR) is 108 cm³/mol. The summed E-state index contributed by atoms with van der Waals surface area (Å²) in [4.78, 5) is 39.1. The van der Waals surface area contributed by atoms with Crippen molar-refractivity contribution in [3.63, 3.8) is 0 Å². The van der Waals surface area contributed by atoms with Crippen LogP contribution in [-0.2, 0) is 17.8 Å². The number of hydrazine groups is 1. The first-order valence-electron chi connectivity index (χ1n) is 9.84. The summed E-state index contributed by atoms with van der Waals surface area (Å²) in [6.45, 7) is 1.70. The average molecular weight is 395 g/mol. The number of pyridine rings is 1. The first-order valence-corrected chi connectivity index (χ1v) is 9.84. The van der Waals surface area contributed by atoms with Crippen LogP contribution in [0.2, 0.25) is 0 Å². The minimum atomic E-state index is -0.758. The van der Waals surface area contributed by atoms with Gasteiger partial charge in [-0.25, -0.2) is 10.6 Å². The molecule has 3 heterocycles. The molecular formula is C21H25N5O3. The number of aromatic nitrogens is 1. The molecule has 2 bridgehead atoms. The Morgan fingerprint density at radius 1 is 1.07 bits per heavy atom. The zero-order valence-corrected chi connectivity index (χ0v) is 16.1. The molecule has 3 atom stereocenters. The van der Waals surface area contributed by atoms with E-state index in [0.717, 1.165) is 17.7 Å². The number of rotatable bonds is 4. The minimum absolute atomic E-state index is 0.0117. The molecule has 0 radical (unpaired) electrons. The minimum Gasteiger partial charge on any atom is -0.326 e. The monoisotopic (exact) mass is 395 g/mol. The topological polar surface area (TPSA) is 109 Å². The van der Waals surface area contributed by atoms with E-state index in [0.29, 0.717) is 26.1 Å². The second-order valence-electron chi connectivity index (χ2n) is 7.80. The fourth-order valence-corrected chi connectivity index (χ4v) is 4.46. The number of amides is 3. The maximum absolute atomic E-state index is 13.0. The molecule has 2 aromatic rings. The van der Waals surface area contributed by atoms with Gasteiger partial charge in [0.25, 0.3) is 11.5 Å². The van der Waals surface area contributed by atoms with Crippen molar-refractivity contribution < 1.29 is 9.59 Å². The molecule has 152 valence electrons. The number of hydrogen-bond donors (Lipinski definition) is 3. The highest BCUT2D eigenvalue weighted by Gasteiger charge is 2.37. The SMILES string of the molecule is NNC(=O)C(Cc1ccccc1)NC(=O)N1CC2CC(C1)c1cccc(=O)n1C2. The highest BCUT2D eigenvalue weighted by molar-refractivity contribution is 5.87. The Morgan fingerprint density at radius 3 is 2.62 bits per heavy atom. The lowest BCUT2D eigenvalue weighted by Crippen LogP contribution is -2.57. The van der Waals surface area contributed by atoms with Crippen molar-refractivity contribution in [3.05, 3.63) is 70.1 Å². The van der Waals surface area contributed by atoms with Crippen LogP contribution in [0.25, 0.3) is 0 Å². The Kier molecular flexibility index (Phi) is 5.35. The summed E-state index contributed by atoms with van der Waals surface area (Å²) >= 11 is 0. The van der Waals surface area contributed by atoms with Crippen LogP contribution >= 0.6 is 0 Å². The van der Waals surface area contributed by atoms with E-state index in [1.807, 2.05) is 41.0 Å². The zero-order chi connectivity index (χ0) is 20.4. The molecule has 0 aliphatic carbocycles. The van der Waals surface area contributed by atoms with E-state index in [9.17, 15) is 14.4 Å². The number of carbonyl (C=O) groups excluding carboxylic acids is 2. The fourth-order valence-electron chi connectivity index (χ4n) is 4.46. The molecule has 0 spiro atoms. The molecule has 0 saturated carbocycles. The number of nitrogens with zero attached hydrogens (tertiary/aromatic N) is 2. The summed E-state index contributed by atoms with van der Waals surface area (Å²) in [7, 11) is 0. The largest absolute Gasteiger partial charge is 0.326 e. The number of urea groups is 1. The molecule has 1 fully saturated rings.